The van der Waals surface area contributed by atoms with E-state index >= 15 is 0 Å². The molecule has 1 fully saturated rings. The molecule has 42 heavy (non-hydrogen) atoms. The van der Waals surface area contributed by atoms with Crippen LogP contribution in [0.15, 0.2) is 77.7 Å². The predicted molar refractivity (Wildman–Crippen MR) is 154 cm³/mol. The van der Waals surface area contributed by atoms with Crippen LogP contribution in [-0.2, 0) is 16.2 Å². The van der Waals surface area contributed by atoms with Gasteiger partial charge in [-0.1, -0.05) is 48.5 Å². The van der Waals surface area contributed by atoms with Gasteiger partial charge in [-0.2, -0.15) is 13.2 Å². The number of alkyl halides is 3. The van der Waals surface area contributed by atoms with E-state index in [4.69, 9.17) is 0 Å². The zero-order chi connectivity index (χ0) is 30.7. The topological polar surface area (TPSA) is 108 Å². The third-order valence-corrected chi connectivity index (χ3v) is 8.26. The minimum Gasteiger partial charge on any atom is -0.338 e. The number of hydrogen-bond donors (Lipinski definition) is 3. The van der Waals surface area contributed by atoms with Crippen LogP contribution in [0.3, 0.4) is 0 Å². The Labute approximate surface area is 243 Å². The van der Waals surface area contributed by atoms with Gasteiger partial charge in [-0.05, 0) is 69.0 Å². The number of nitrogens with zero attached hydrogens (tertiary/aromatic N) is 1. The fraction of sp³-hybridized carbons (Fsp3) is 0.333. The van der Waals surface area contributed by atoms with Gasteiger partial charge in [0.2, 0.25) is 10.0 Å². The summed E-state index contributed by atoms with van der Waals surface area (Å²) >= 11 is 0. The lowest BCUT2D eigenvalue weighted by Crippen LogP contribution is -2.47. The third-order valence-electron chi connectivity index (χ3n) is 6.68. The smallest absolute Gasteiger partial charge is 0.338 e. The molecule has 224 valence electrons. The number of likely N-dealkylation sites (tertiary alicyclic amines) is 1. The van der Waals surface area contributed by atoms with Gasteiger partial charge < -0.3 is 15.5 Å². The highest BCUT2D eigenvalue weighted by Crippen LogP contribution is 2.37. The molecule has 0 aromatic heterocycles. The Balaban J connectivity index is 1.45. The van der Waals surface area contributed by atoms with Crippen LogP contribution >= 0.6 is 0 Å². The molecule has 0 spiro atoms. The molecule has 1 aliphatic heterocycles. The van der Waals surface area contributed by atoms with E-state index in [9.17, 15) is 31.2 Å². The van der Waals surface area contributed by atoms with Crippen molar-refractivity contribution in [3.8, 4) is 11.1 Å². The first-order valence-corrected chi connectivity index (χ1v) is 14.9. The lowest BCUT2D eigenvalue weighted by Gasteiger charge is -2.33. The van der Waals surface area contributed by atoms with Crippen LogP contribution in [0.5, 0.6) is 0 Å². The van der Waals surface area contributed by atoms with Crippen molar-refractivity contribution in [3.63, 3.8) is 0 Å². The number of anilines is 1. The fourth-order valence-electron chi connectivity index (χ4n) is 4.72. The second-order valence-electron chi connectivity index (χ2n) is 11.1. The first kappa shape index (κ1) is 31.0. The molecule has 4 rings (SSSR count). The molecule has 0 aliphatic carbocycles. The number of urea groups is 1. The average Bonchev–Trinajstić information content (AvgIpc) is 2.92. The molecule has 0 unspecified atom stereocenters. The third kappa shape index (κ3) is 7.68. The highest BCUT2D eigenvalue weighted by Gasteiger charge is 2.38. The summed E-state index contributed by atoms with van der Waals surface area (Å²) in [4.78, 5) is 26.3. The second kappa shape index (κ2) is 12.1. The van der Waals surface area contributed by atoms with Crippen LogP contribution in [0.4, 0.5) is 23.7 Å². The Bertz CT molecular complexity index is 1550. The highest BCUT2D eigenvalue weighted by molar-refractivity contribution is 7.89. The van der Waals surface area contributed by atoms with Gasteiger partial charge in [-0.25, -0.2) is 17.9 Å². The normalized spacial score (nSPS) is 14.9. The number of para-hydroxylation sites is 1. The van der Waals surface area contributed by atoms with E-state index < -0.39 is 44.3 Å². The van der Waals surface area contributed by atoms with E-state index in [0.717, 1.165) is 12.1 Å². The van der Waals surface area contributed by atoms with Crippen molar-refractivity contribution in [1.29, 1.82) is 0 Å². The first-order chi connectivity index (χ1) is 19.6. The van der Waals surface area contributed by atoms with Crippen LogP contribution in [0.25, 0.3) is 11.1 Å². The summed E-state index contributed by atoms with van der Waals surface area (Å²) < 4.78 is 70.7. The Kier molecular flexibility index (Phi) is 8.98. The van der Waals surface area contributed by atoms with E-state index in [-0.39, 0.29) is 43.0 Å². The van der Waals surface area contributed by atoms with Gasteiger partial charge in [0.15, 0.2) is 0 Å². The molecule has 0 bridgehead atoms. The summed E-state index contributed by atoms with van der Waals surface area (Å²) in [5.74, 6) is -0.348. The van der Waals surface area contributed by atoms with Gasteiger partial charge in [0.05, 0.1) is 21.7 Å². The molecule has 3 aromatic carbocycles. The van der Waals surface area contributed by atoms with E-state index in [0.29, 0.717) is 11.3 Å². The fourth-order valence-corrected chi connectivity index (χ4v) is 6.24. The van der Waals surface area contributed by atoms with Crippen molar-refractivity contribution >= 4 is 27.6 Å². The summed E-state index contributed by atoms with van der Waals surface area (Å²) in [7, 11) is -4.53. The average molecular weight is 603 g/mol. The number of sulfonamides is 1. The standard InChI is InChI=1S/C30H33F3N4O4S/c1-29(2,3)35-28(39)34-25-12-8-7-11-23(25)27(38)37-17-15-22(16-18-37)36-42(40,41)26-14-13-21(19-24(26)30(31,32)33)20-9-5-4-6-10-20/h4-14,19,22,36H,15-18H2,1-3H3,(H2,34,35,39). The van der Waals surface area contributed by atoms with E-state index in [1.54, 1.807) is 54.6 Å². The van der Waals surface area contributed by atoms with Crippen LogP contribution in [-0.4, -0.2) is 49.9 Å². The van der Waals surface area contributed by atoms with Gasteiger partial charge in [-0.3, -0.25) is 4.79 Å². The van der Waals surface area contributed by atoms with Gasteiger partial charge in [0.1, 0.15) is 0 Å². The van der Waals surface area contributed by atoms with Crippen LogP contribution in [0, 0.1) is 0 Å². The number of carbonyl (C=O) groups is 2. The summed E-state index contributed by atoms with van der Waals surface area (Å²) in [6.07, 6.45) is -4.49. The molecule has 0 atom stereocenters. The van der Waals surface area contributed by atoms with Gasteiger partial charge in [-0.15, -0.1) is 0 Å². The molecule has 8 nitrogen and oxygen atoms in total. The minimum atomic E-state index is -4.89. The molecule has 3 N–H and O–H groups in total. The number of halogens is 3. The van der Waals surface area contributed by atoms with Gasteiger partial charge >= 0.3 is 12.2 Å². The Hall–Kier alpha value is -3.90. The van der Waals surface area contributed by atoms with Gasteiger partial charge in [0, 0.05) is 24.7 Å². The maximum Gasteiger partial charge on any atom is 0.417 e. The van der Waals surface area contributed by atoms with Crippen molar-refractivity contribution in [1.82, 2.24) is 14.9 Å². The molecule has 1 aliphatic rings. The van der Waals surface area contributed by atoms with E-state index in [2.05, 4.69) is 15.4 Å². The SMILES string of the molecule is CC(C)(C)NC(=O)Nc1ccccc1C(=O)N1CCC(NS(=O)(=O)c2ccc(-c3ccccc3)cc2C(F)(F)F)CC1. The zero-order valence-corrected chi connectivity index (χ0v) is 24.3. The van der Waals surface area contributed by atoms with Crippen LogP contribution < -0.4 is 15.4 Å². The molecule has 0 saturated carbocycles. The second-order valence-corrected chi connectivity index (χ2v) is 12.8. The summed E-state index contributed by atoms with van der Waals surface area (Å²) in [5, 5.41) is 5.46. The Morgan fingerprint density at radius 2 is 1.48 bits per heavy atom. The summed E-state index contributed by atoms with van der Waals surface area (Å²) in [6.45, 7) is 5.82. The van der Waals surface area contributed by atoms with E-state index in [1.807, 2.05) is 20.8 Å². The maximum atomic E-state index is 14.0. The highest BCUT2D eigenvalue weighted by atomic mass is 32.2. The molecule has 12 heteroatoms. The predicted octanol–water partition coefficient (Wildman–Crippen LogP) is 5.88. The number of hydrogen-bond acceptors (Lipinski definition) is 4. The number of carbonyl (C=O) groups excluding carboxylic acids is 2. The Morgan fingerprint density at radius 3 is 2.10 bits per heavy atom. The number of nitrogens with one attached hydrogen (secondary N) is 3. The number of amides is 3. The number of piperidine rings is 1. The molecule has 1 heterocycles. The monoisotopic (exact) mass is 602 g/mol. The molecular weight excluding hydrogens is 569 g/mol. The van der Waals surface area contributed by atoms with Crippen molar-refractivity contribution in [2.75, 3.05) is 18.4 Å². The number of rotatable bonds is 6. The number of benzene rings is 3. The molecule has 0 radical (unpaired) electrons. The molecule has 3 amide bonds. The molecule has 1 saturated heterocycles. The van der Waals surface area contributed by atoms with Crippen molar-refractivity contribution in [2.24, 2.45) is 0 Å². The Morgan fingerprint density at radius 1 is 0.857 bits per heavy atom. The largest absolute Gasteiger partial charge is 0.417 e. The maximum absolute atomic E-state index is 14.0. The molecular formula is C30H33F3N4O4S. The molecule has 3 aromatic rings. The summed E-state index contributed by atoms with van der Waals surface area (Å²) in [5.41, 5.74) is -0.352. The minimum absolute atomic E-state index is 0.174. The van der Waals surface area contributed by atoms with E-state index in [1.165, 1.54) is 11.0 Å². The quantitative estimate of drug-likeness (QED) is 0.328. The van der Waals surface area contributed by atoms with Crippen molar-refractivity contribution < 1.29 is 31.2 Å². The lowest BCUT2D eigenvalue weighted by molar-refractivity contribution is -0.139. The first-order valence-electron chi connectivity index (χ1n) is 13.4. The van der Waals surface area contributed by atoms with Crippen molar-refractivity contribution in [2.45, 2.75) is 56.3 Å². The van der Waals surface area contributed by atoms with Crippen molar-refractivity contribution in [3.05, 3.63) is 83.9 Å². The van der Waals surface area contributed by atoms with Crippen LogP contribution in [0.2, 0.25) is 0 Å². The lowest BCUT2D eigenvalue weighted by atomic mass is 10.0. The van der Waals surface area contributed by atoms with Gasteiger partial charge in [0.25, 0.3) is 5.91 Å². The van der Waals surface area contributed by atoms with Crippen LogP contribution in [0.1, 0.15) is 49.5 Å². The summed E-state index contributed by atoms with van der Waals surface area (Å²) in [6, 6.07) is 17.0. The zero-order valence-electron chi connectivity index (χ0n) is 23.5.